The van der Waals surface area contributed by atoms with Gasteiger partial charge in [0.1, 0.15) is 17.5 Å². The van der Waals surface area contributed by atoms with Gasteiger partial charge in [0.25, 0.3) is 0 Å². The summed E-state index contributed by atoms with van der Waals surface area (Å²) in [6.45, 7) is 2.57. The highest BCUT2D eigenvalue weighted by Crippen LogP contribution is 2.33. The van der Waals surface area contributed by atoms with Gasteiger partial charge in [0.2, 0.25) is 0 Å². The SMILES string of the molecule is CC(OCCO)c1cnc2n1CC(c1c(F)cccc1F)CCC2. The summed E-state index contributed by atoms with van der Waals surface area (Å²) >= 11 is 0. The standard InChI is InChI=1S/C18H22F2N2O2/c1-12(24-9-8-23)16-10-21-17-7-2-4-13(11-22(16)17)18-14(19)5-3-6-15(18)20/h3,5-6,10,12-13,23H,2,4,7-9,11H2,1H3. The van der Waals surface area contributed by atoms with Crippen LogP contribution in [0.4, 0.5) is 8.78 Å². The van der Waals surface area contributed by atoms with E-state index in [9.17, 15) is 8.78 Å². The molecule has 1 aromatic carbocycles. The Labute approximate surface area is 140 Å². The predicted octanol–water partition coefficient (Wildman–Crippen LogP) is 3.35. The molecule has 1 aliphatic rings. The Morgan fingerprint density at radius 2 is 2.12 bits per heavy atom. The topological polar surface area (TPSA) is 47.3 Å². The molecule has 0 amide bonds. The van der Waals surface area contributed by atoms with Crippen molar-refractivity contribution in [2.45, 2.75) is 44.8 Å². The Hall–Kier alpha value is -1.79. The third-order valence-corrected chi connectivity index (χ3v) is 4.61. The van der Waals surface area contributed by atoms with Crippen LogP contribution in [0.15, 0.2) is 24.4 Å². The number of nitrogens with zero attached hydrogens (tertiary/aromatic N) is 2. The molecule has 130 valence electrons. The molecule has 2 atom stereocenters. The largest absolute Gasteiger partial charge is 0.394 e. The number of fused-ring (bicyclic) bond motifs is 1. The van der Waals surface area contributed by atoms with E-state index in [1.807, 2.05) is 11.5 Å². The maximum absolute atomic E-state index is 14.2. The summed E-state index contributed by atoms with van der Waals surface area (Å²) in [5.41, 5.74) is 1.04. The van der Waals surface area contributed by atoms with E-state index < -0.39 is 11.6 Å². The summed E-state index contributed by atoms with van der Waals surface area (Å²) in [4.78, 5) is 4.45. The average Bonchev–Trinajstić information content (AvgIpc) is 2.84. The number of aliphatic hydroxyl groups excluding tert-OH is 1. The zero-order valence-corrected chi connectivity index (χ0v) is 13.7. The lowest BCUT2D eigenvalue weighted by molar-refractivity contribution is 0.0340. The maximum atomic E-state index is 14.2. The third kappa shape index (κ3) is 3.35. The first-order valence-corrected chi connectivity index (χ1v) is 8.32. The lowest BCUT2D eigenvalue weighted by atomic mass is 9.93. The van der Waals surface area contributed by atoms with Crippen LogP contribution in [0.5, 0.6) is 0 Å². The van der Waals surface area contributed by atoms with Gasteiger partial charge in [-0.15, -0.1) is 0 Å². The third-order valence-electron chi connectivity index (χ3n) is 4.61. The van der Waals surface area contributed by atoms with Crippen molar-refractivity contribution < 1.29 is 18.6 Å². The van der Waals surface area contributed by atoms with Crippen LogP contribution in [0.25, 0.3) is 0 Å². The van der Waals surface area contributed by atoms with Crippen molar-refractivity contribution in [3.8, 4) is 0 Å². The monoisotopic (exact) mass is 336 g/mol. The quantitative estimate of drug-likeness (QED) is 0.911. The number of rotatable bonds is 5. The number of halogens is 2. The minimum absolute atomic E-state index is 0.0472. The van der Waals surface area contributed by atoms with Crippen LogP contribution in [-0.4, -0.2) is 27.9 Å². The molecule has 1 aliphatic heterocycles. The van der Waals surface area contributed by atoms with Crippen molar-refractivity contribution >= 4 is 0 Å². The second-order valence-corrected chi connectivity index (χ2v) is 6.17. The number of imidazole rings is 1. The van der Waals surface area contributed by atoms with Gasteiger partial charge in [0, 0.05) is 24.4 Å². The lowest BCUT2D eigenvalue weighted by Gasteiger charge is -2.21. The molecule has 24 heavy (non-hydrogen) atoms. The first-order chi connectivity index (χ1) is 11.6. The highest BCUT2D eigenvalue weighted by atomic mass is 19.1. The minimum atomic E-state index is -0.491. The fourth-order valence-corrected chi connectivity index (χ4v) is 3.43. The van der Waals surface area contributed by atoms with Crippen LogP contribution in [-0.2, 0) is 17.7 Å². The van der Waals surface area contributed by atoms with Crippen molar-refractivity contribution in [1.29, 1.82) is 0 Å². The molecule has 0 aliphatic carbocycles. The Kier molecular flexibility index (Phi) is 5.26. The molecule has 0 spiro atoms. The van der Waals surface area contributed by atoms with Crippen molar-refractivity contribution in [1.82, 2.24) is 9.55 Å². The van der Waals surface area contributed by atoms with Crippen LogP contribution in [0, 0.1) is 11.6 Å². The van der Waals surface area contributed by atoms with E-state index in [0.29, 0.717) is 13.0 Å². The number of hydrogen-bond donors (Lipinski definition) is 1. The van der Waals surface area contributed by atoms with Gasteiger partial charge in [0.05, 0.1) is 31.2 Å². The van der Waals surface area contributed by atoms with E-state index in [4.69, 9.17) is 9.84 Å². The Bertz CT molecular complexity index is 682. The van der Waals surface area contributed by atoms with E-state index in [2.05, 4.69) is 4.98 Å². The highest BCUT2D eigenvalue weighted by Gasteiger charge is 2.26. The molecule has 1 N–H and O–H groups in total. The Balaban J connectivity index is 1.91. The van der Waals surface area contributed by atoms with Crippen LogP contribution in [0.3, 0.4) is 0 Å². The van der Waals surface area contributed by atoms with Gasteiger partial charge in [-0.25, -0.2) is 13.8 Å². The number of aromatic nitrogens is 2. The molecule has 0 saturated heterocycles. The Morgan fingerprint density at radius 1 is 1.38 bits per heavy atom. The summed E-state index contributed by atoms with van der Waals surface area (Å²) in [6, 6.07) is 4.02. The molecule has 2 unspecified atom stereocenters. The van der Waals surface area contributed by atoms with E-state index in [1.165, 1.54) is 18.2 Å². The number of ether oxygens (including phenoxy) is 1. The predicted molar refractivity (Wildman–Crippen MR) is 85.7 cm³/mol. The zero-order chi connectivity index (χ0) is 17.1. The number of aryl methyl sites for hydroxylation is 1. The summed E-state index contributed by atoms with van der Waals surface area (Å²) in [7, 11) is 0. The minimum Gasteiger partial charge on any atom is -0.394 e. The van der Waals surface area contributed by atoms with Gasteiger partial charge in [0.15, 0.2) is 0 Å². The van der Waals surface area contributed by atoms with Gasteiger partial charge in [-0.1, -0.05) is 6.07 Å². The van der Waals surface area contributed by atoms with Crippen molar-refractivity contribution in [3.05, 3.63) is 53.1 Å². The maximum Gasteiger partial charge on any atom is 0.129 e. The Morgan fingerprint density at radius 3 is 2.83 bits per heavy atom. The molecule has 2 aromatic rings. The molecular formula is C18H22F2N2O2. The lowest BCUT2D eigenvalue weighted by Crippen LogP contribution is -2.16. The summed E-state index contributed by atoms with van der Waals surface area (Å²) in [6.07, 6.45) is 3.85. The molecule has 0 fully saturated rings. The van der Waals surface area contributed by atoms with Gasteiger partial charge in [-0.05, 0) is 31.9 Å². The van der Waals surface area contributed by atoms with E-state index in [1.54, 1.807) is 6.20 Å². The summed E-state index contributed by atoms with van der Waals surface area (Å²) in [5, 5.41) is 8.92. The molecule has 0 radical (unpaired) electrons. The number of benzene rings is 1. The molecule has 6 heteroatoms. The molecule has 0 saturated carbocycles. The summed E-state index contributed by atoms with van der Waals surface area (Å²) < 4.78 is 35.9. The average molecular weight is 336 g/mol. The van der Waals surface area contributed by atoms with Gasteiger partial charge in [-0.3, -0.25) is 0 Å². The molecule has 1 aromatic heterocycles. The second kappa shape index (κ2) is 7.40. The molecular weight excluding hydrogens is 314 g/mol. The number of hydrogen-bond acceptors (Lipinski definition) is 3. The fraction of sp³-hybridized carbons (Fsp3) is 0.500. The van der Waals surface area contributed by atoms with E-state index >= 15 is 0 Å². The van der Waals surface area contributed by atoms with E-state index in [-0.39, 0.29) is 30.8 Å². The van der Waals surface area contributed by atoms with Crippen molar-refractivity contribution in [2.75, 3.05) is 13.2 Å². The van der Waals surface area contributed by atoms with Crippen LogP contribution in [0.2, 0.25) is 0 Å². The first-order valence-electron chi connectivity index (χ1n) is 8.32. The molecule has 4 nitrogen and oxygen atoms in total. The van der Waals surface area contributed by atoms with Gasteiger partial charge < -0.3 is 14.4 Å². The van der Waals surface area contributed by atoms with E-state index in [0.717, 1.165) is 24.4 Å². The van der Waals surface area contributed by atoms with Crippen LogP contribution < -0.4 is 0 Å². The fourth-order valence-electron chi connectivity index (χ4n) is 3.43. The summed E-state index contributed by atoms with van der Waals surface area (Å²) in [5.74, 6) is -0.293. The van der Waals surface area contributed by atoms with Crippen molar-refractivity contribution in [2.24, 2.45) is 0 Å². The first kappa shape index (κ1) is 17.0. The van der Waals surface area contributed by atoms with Gasteiger partial charge >= 0.3 is 0 Å². The zero-order valence-electron chi connectivity index (χ0n) is 13.7. The van der Waals surface area contributed by atoms with Crippen LogP contribution >= 0.6 is 0 Å². The molecule has 2 heterocycles. The normalized spacial score (nSPS) is 18.9. The second-order valence-electron chi connectivity index (χ2n) is 6.17. The molecule has 3 rings (SSSR count). The van der Waals surface area contributed by atoms with Crippen LogP contribution in [0.1, 0.15) is 48.9 Å². The van der Waals surface area contributed by atoms with Gasteiger partial charge in [-0.2, -0.15) is 0 Å². The van der Waals surface area contributed by atoms with Crippen molar-refractivity contribution in [3.63, 3.8) is 0 Å². The smallest absolute Gasteiger partial charge is 0.129 e. The number of aliphatic hydroxyl groups is 1. The highest BCUT2D eigenvalue weighted by molar-refractivity contribution is 5.25. The molecule has 0 bridgehead atoms.